The average Bonchev–Trinajstić information content (AvgIpc) is 2.74. The standard InChI is InChI=1S/C13H11ClN4/c1-8-6-11(15)13-16-12(17-18(13)7-8)9-2-4-10(14)5-3-9/h2-7H,15H2,1H3. The van der Waals surface area contributed by atoms with E-state index in [1.165, 1.54) is 0 Å². The lowest BCUT2D eigenvalue weighted by Gasteiger charge is -1.97. The zero-order valence-electron chi connectivity index (χ0n) is 9.76. The van der Waals surface area contributed by atoms with Crippen LogP contribution in [0.2, 0.25) is 5.02 Å². The Morgan fingerprint density at radius 2 is 1.94 bits per heavy atom. The van der Waals surface area contributed by atoms with Gasteiger partial charge in [-0.1, -0.05) is 11.6 Å². The molecule has 0 aliphatic heterocycles. The van der Waals surface area contributed by atoms with Crippen LogP contribution in [0.15, 0.2) is 36.5 Å². The fourth-order valence-corrected chi connectivity index (χ4v) is 2.00. The summed E-state index contributed by atoms with van der Waals surface area (Å²) in [6.07, 6.45) is 1.90. The zero-order valence-corrected chi connectivity index (χ0v) is 10.5. The summed E-state index contributed by atoms with van der Waals surface area (Å²) in [6.45, 7) is 1.97. The van der Waals surface area contributed by atoms with Gasteiger partial charge in [0.1, 0.15) is 0 Å². The molecule has 0 saturated heterocycles. The van der Waals surface area contributed by atoms with E-state index in [0.29, 0.717) is 22.2 Å². The van der Waals surface area contributed by atoms with Crippen LogP contribution in [0.3, 0.4) is 0 Å². The van der Waals surface area contributed by atoms with Crippen molar-refractivity contribution in [2.24, 2.45) is 0 Å². The molecular formula is C13H11ClN4. The van der Waals surface area contributed by atoms with Gasteiger partial charge in [-0.15, -0.1) is 5.10 Å². The maximum atomic E-state index is 5.93. The number of hydrogen-bond donors (Lipinski definition) is 1. The van der Waals surface area contributed by atoms with E-state index in [-0.39, 0.29) is 0 Å². The number of benzene rings is 1. The van der Waals surface area contributed by atoms with Gasteiger partial charge in [0.2, 0.25) is 0 Å². The maximum Gasteiger partial charge on any atom is 0.182 e. The van der Waals surface area contributed by atoms with E-state index in [0.717, 1.165) is 11.1 Å². The molecule has 2 aromatic heterocycles. The van der Waals surface area contributed by atoms with E-state index < -0.39 is 0 Å². The lowest BCUT2D eigenvalue weighted by atomic mass is 10.2. The molecule has 0 unspecified atom stereocenters. The molecule has 90 valence electrons. The van der Waals surface area contributed by atoms with E-state index in [1.54, 1.807) is 4.52 Å². The minimum Gasteiger partial charge on any atom is -0.396 e. The lowest BCUT2D eigenvalue weighted by Crippen LogP contribution is -1.94. The lowest BCUT2D eigenvalue weighted by molar-refractivity contribution is 0.957. The van der Waals surface area contributed by atoms with Crippen LogP contribution in [-0.2, 0) is 0 Å². The highest BCUT2D eigenvalue weighted by Crippen LogP contribution is 2.21. The van der Waals surface area contributed by atoms with Crippen LogP contribution in [0.4, 0.5) is 5.69 Å². The molecule has 3 aromatic rings. The molecule has 0 saturated carbocycles. The summed E-state index contributed by atoms with van der Waals surface area (Å²) in [6, 6.07) is 9.30. The molecule has 0 radical (unpaired) electrons. The number of nitrogen functional groups attached to an aromatic ring is 1. The van der Waals surface area contributed by atoms with Gasteiger partial charge < -0.3 is 5.73 Å². The van der Waals surface area contributed by atoms with Gasteiger partial charge in [0, 0.05) is 16.8 Å². The highest BCUT2D eigenvalue weighted by atomic mass is 35.5. The Bertz CT molecular complexity index is 716. The predicted octanol–water partition coefficient (Wildman–Crippen LogP) is 2.94. The second-order valence-corrected chi connectivity index (χ2v) is 4.62. The molecule has 3 rings (SSSR count). The van der Waals surface area contributed by atoms with Crippen molar-refractivity contribution in [2.45, 2.75) is 6.92 Å². The van der Waals surface area contributed by atoms with Gasteiger partial charge in [0.25, 0.3) is 0 Å². The first-order valence-corrected chi connectivity index (χ1v) is 5.90. The van der Waals surface area contributed by atoms with E-state index in [9.17, 15) is 0 Å². The quantitative estimate of drug-likeness (QED) is 0.730. The second kappa shape index (κ2) is 3.99. The summed E-state index contributed by atoms with van der Waals surface area (Å²) in [5.41, 5.74) is 9.19. The fourth-order valence-electron chi connectivity index (χ4n) is 1.87. The third-order valence-electron chi connectivity index (χ3n) is 2.70. The number of rotatable bonds is 1. The molecule has 18 heavy (non-hydrogen) atoms. The van der Waals surface area contributed by atoms with Crippen LogP contribution in [0.1, 0.15) is 5.56 Å². The first kappa shape index (κ1) is 11.0. The highest BCUT2D eigenvalue weighted by Gasteiger charge is 2.08. The Morgan fingerprint density at radius 3 is 2.67 bits per heavy atom. The predicted molar refractivity (Wildman–Crippen MR) is 72.6 cm³/mol. The Balaban J connectivity index is 2.19. The van der Waals surface area contributed by atoms with Crippen molar-refractivity contribution < 1.29 is 0 Å². The number of nitrogens with zero attached hydrogens (tertiary/aromatic N) is 3. The Labute approximate surface area is 109 Å². The van der Waals surface area contributed by atoms with Gasteiger partial charge in [-0.25, -0.2) is 9.50 Å². The molecule has 0 spiro atoms. The normalized spacial score (nSPS) is 11.0. The SMILES string of the molecule is Cc1cc(N)c2nc(-c3ccc(Cl)cc3)nn2c1. The summed E-state index contributed by atoms with van der Waals surface area (Å²) in [5.74, 6) is 0.643. The number of anilines is 1. The van der Waals surface area contributed by atoms with Gasteiger partial charge in [-0.05, 0) is 42.8 Å². The van der Waals surface area contributed by atoms with Crippen molar-refractivity contribution in [3.63, 3.8) is 0 Å². The summed E-state index contributed by atoms with van der Waals surface area (Å²) in [4.78, 5) is 4.44. The molecule has 0 bridgehead atoms. The topological polar surface area (TPSA) is 56.2 Å². The number of pyridine rings is 1. The molecule has 5 heteroatoms. The smallest absolute Gasteiger partial charge is 0.182 e. The van der Waals surface area contributed by atoms with E-state index in [4.69, 9.17) is 17.3 Å². The van der Waals surface area contributed by atoms with Crippen LogP contribution >= 0.6 is 11.6 Å². The molecule has 1 aromatic carbocycles. The minimum absolute atomic E-state index is 0.628. The largest absolute Gasteiger partial charge is 0.396 e. The molecule has 2 N–H and O–H groups in total. The first-order chi connectivity index (χ1) is 8.63. The van der Waals surface area contributed by atoms with Gasteiger partial charge in [-0.3, -0.25) is 0 Å². The van der Waals surface area contributed by atoms with Gasteiger partial charge in [-0.2, -0.15) is 0 Å². The number of hydrogen-bond acceptors (Lipinski definition) is 3. The van der Waals surface area contributed by atoms with Crippen molar-refractivity contribution >= 4 is 22.9 Å². The van der Waals surface area contributed by atoms with Gasteiger partial charge >= 0.3 is 0 Å². The van der Waals surface area contributed by atoms with Crippen LogP contribution in [0, 0.1) is 6.92 Å². The molecular weight excluding hydrogens is 248 g/mol. The molecule has 2 heterocycles. The van der Waals surface area contributed by atoms with Gasteiger partial charge in [0.05, 0.1) is 5.69 Å². The van der Waals surface area contributed by atoms with Crippen molar-refractivity contribution in [1.82, 2.24) is 14.6 Å². The third kappa shape index (κ3) is 1.80. The molecule has 4 nitrogen and oxygen atoms in total. The fraction of sp³-hybridized carbons (Fsp3) is 0.0769. The maximum absolute atomic E-state index is 5.93. The third-order valence-corrected chi connectivity index (χ3v) is 2.95. The summed E-state index contributed by atoms with van der Waals surface area (Å²) in [5, 5.41) is 5.11. The number of halogens is 1. The Hall–Kier alpha value is -2.07. The Morgan fingerprint density at radius 1 is 1.22 bits per heavy atom. The number of aryl methyl sites for hydroxylation is 1. The van der Waals surface area contributed by atoms with Crippen LogP contribution in [0.5, 0.6) is 0 Å². The van der Waals surface area contributed by atoms with Crippen molar-refractivity contribution in [1.29, 1.82) is 0 Å². The minimum atomic E-state index is 0.628. The highest BCUT2D eigenvalue weighted by molar-refractivity contribution is 6.30. The van der Waals surface area contributed by atoms with E-state index in [1.807, 2.05) is 43.5 Å². The van der Waals surface area contributed by atoms with E-state index in [2.05, 4.69) is 10.1 Å². The van der Waals surface area contributed by atoms with Crippen LogP contribution in [0.25, 0.3) is 17.0 Å². The van der Waals surface area contributed by atoms with Gasteiger partial charge in [0.15, 0.2) is 11.5 Å². The van der Waals surface area contributed by atoms with Crippen molar-refractivity contribution in [3.05, 3.63) is 47.1 Å². The summed E-state index contributed by atoms with van der Waals surface area (Å²) >= 11 is 5.86. The molecule has 0 amide bonds. The monoisotopic (exact) mass is 258 g/mol. The van der Waals surface area contributed by atoms with Crippen LogP contribution < -0.4 is 5.73 Å². The first-order valence-electron chi connectivity index (χ1n) is 5.52. The molecule has 0 aliphatic carbocycles. The summed E-state index contributed by atoms with van der Waals surface area (Å²) in [7, 11) is 0. The molecule has 0 atom stereocenters. The second-order valence-electron chi connectivity index (χ2n) is 4.18. The Kier molecular flexibility index (Phi) is 2.45. The molecule has 0 fully saturated rings. The van der Waals surface area contributed by atoms with Crippen molar-refractivity contribution in [2.75, 3.05) is 5.73 Å². The number of nitrogens with two attached hydrogens (primary N) is 1. The van der Waals surface area contributed by atoms with Crippen LogP contribution in [-0.4, -0.2) is 14.6 Å². The summed E-state index contributed by atoms with van der Waals surface area (Å²) < 4.78 is 1.70. The average molecular weight is 259 g/mol. The zero-order chi connectivity index (χ0) is 12.7. The molecule has 0 aliphatic rings. The number of fused-ring (bicyclic) bond motifs is 1. The van der Waals surface area contributed by atoms with Crippen molar-refractivity contribution in [3.8, 4) is 11.4 Å². The number of aromatic nitrogens is 3. The van der Waals surface area contributed by atoms with E-state index >= 15 is 0 Å².